The quantitative estimate of drug-likeness (QED) is 0.852. The minimum Gasteiger partial charge on any atom is -0.486 e. The Morgan fingerprint density at radius 2 is 2.05 bits per heavy atom. The van der Waals surface area contributed by atoms with Gasteiger partial charge in [-0.1, -0.05) is 0 Å². The Morgan fingerprint density at radius 1 is 1.29 bits per heavy atom. The third kappa shape index (κ3) is 3.78. The fraction of sp³-hybridized carbons (Fsp3) is 0.400. The second-order valence-corrected chi connectivity index (χ2v) is 5.19. The van der Waals surface area contributed by atoms with Crippen molar-refractivity contribution < 1.29 is 13.5 Å². The number of aromatic nitrogens is 2. The maximum absolute atomic E-state index is 13.9. The Balaban J connectivity index is 1.58. The minimum atomic E-state index is -0.659. The van der Waals surface area contributed by atoms with E-state index in [9.17, 15) is 8.78 Å². The largest absolute Gasteiger partial charge is 0.486 e. The Kier molecular flexibility index (Phi) is 4.15. The first-order chi connectivity index (χ1) is 10.2. The van der Waals surface area contributed by atoms with Gasteiger partial charge >= 0.3 is 0 Å². The van der Waals surface area contributed by atoms with Crippen LogP contribution >= 0.6 is 0 Å². The second kappa shape index (κ2) is 6.22. The van der Waals surface area contributed by atoms with Crippen molar-refractivity contribution in [2.45, 2.75) is 32.0 Å². The molecule has 1 aromatic heterocycles. The lowest BCUT2D eigenvalue weighted by molar-refractivity contribution is 0.269. The van der Waals surface area contributed by atoms with Crippen LogP contribution in [0.15, 0.2) is 30.9 Å². The second-order valence-electron chi connectivity index (χ2n) is 5.19. The summed E-state index contributed by atoms with van der Waals surface area (Å²) in [4.78, 5) is 3.89. The zero-order valence-corrected chi connectivity index (χ0v) is 11.6. The predicted molar refractivity (Wildman–Crippen MR) is 73.9 cm³/mol. The van der Waals surface area contributed by atoms with E-state index in [1.165, 1.54) is 12.1 Å². The van der Waals surface area contributed by atoms with Crippen LogP contribution in [0, 0.1) is 11.6 Å². The van der Waals surface area contributed by atoms with Crippen LogP contribution in [0.4, 0.5) is 8.78 Å². The van der Waals surface area contributed by atoms with Crippen molar-refractivity contribution in [3.8, 4) is 5.75 Å². The number of halogens is 2. The molecule has 0 aliphatic heterocycles. The van der Waals surface area contributed by atoms with Gasteiger partial charge < -0.3 is 14.6 Å². The van der Waals surface area contributed by atoms with E-state index in [1.54, 1.807) is 23.3 Å². The number of benzene rings is 1. The van der Waals surface area contributed by atoms with Gasteiger partial charge in [-0.25, -0.2) is 13.8 Å². The normalized spacial score (nSPS) is 14.4. The summed E-state index contributed by atoms with van der Waals surface area (Å²) in [5, 5.41) is 3.22. The van der Waals surface area contributed by atoms with Crippen LogP contribution in [0.25, 0.3) is 0 Å². The van der Waals surface area contributed by atoms with E-state index >= 15 is 0 Å². The van der Waals surface area contributed by atoms with Crippen LogP contribution in [0.3, 0.4) is 0 Å². The average Bonchev–Trinajstić information content (AvgIpc) is 3.14. The zero-order chi connectivity index (χ0) is 14.7. The number of hydrogen-bond donors (Lipinski definition) is 1. The highest BCUT2D eigenvalue weighted by Crippen LogP contribution is 2.24. The molecule has 0 bridgehead atoms. The third-order valence-electron chi connectivity index (χ3n) is 3.39. The molecule has 0 amide bonds. The van der Waals surface area contributed by atoms with Crippen molar-refractivity contribution in [1.29, 1.82) is 0 Å². The van der Waals surface area contributed by atoms with Gasteiger partial charge in [0.25, 0.3) is 0 Å². The summed E-state index contributed by atoms with van der Waals surface area (Å²) in [6.07, 6.45) is 7.31. The summed E-state index contributed by atoms with van der Waals surface area (Å²) in [7, 11) is 0. The lowest BCUT2D eigenvalue weighted by atomic mass is 10.2. The molecule has 1 aromatic carbocycles. The molecule has 1 saturated carbocycles. The Bertz CT molecular complexity index is 574. The van der Waals surface area contributed by atoms with Crippen LogP contribution < -0.4 is 10.1 Å². The topological polar surface area (TPSA) is 39.1 Å². The van der Waals surface area contributed by atoms with E-state index < -0.39 is 11.6 Å². The van der Waals surface area contributed by atoms with Gasteiger partial charge in [0, 0.05) is 25.0 Å². The van der Waals surface area contributed by atoms with E-state index in [1.807, 2.05) is 0 Å². The van der Waals surface area contributed by atoms with Crippen molar-refractivity contribution in [2.24, 2.45) is 0 Å². The average molecular weight is 293 g/mol. The first-order valence-corrected chi connectivity index (χ1v) is 7.02. The van der Waals surface area contributed by atoms with E-state index in [4.69, 9.17) is 4.74 Å². The van der Waals surface area contributed by atoms with Gasteiger partial charge in [0.05, 0.1) is 12.9 Å². The van der Waals surface area contributed by atoms with Gasteiger partial charge in [0.1, 0.15) is 6.61 Å². The van der Waals surface area contributed by atoms with E-state index in [0.717, 1.165) is 12.8 Å². The molecule has 0 unspecified atom stereocenters. The van der Waals surface area contributed by atoms with Crippen LogP contribution in [0.1, 0.15) is 18.4 Å². The molecule has 1 aliphatic rings. The lowest BCUT2D eigenvalue weighted by Gasteiger charge is -2.11. The number of hydrogen-bond acceptors (Lipinski definition) is 3. The van der Waals surface area contributed by atoms with Crippen LogP contribution in [0.2, 0.25) is 0 Å². The van der Waals surface area contributed by atoms with Crippen LogP contribution in [-0.2, 0) is 13.1 Å². The number of nitrogens with one attached hydrogen (secondary N) is 1. The van der Waals surface area contributed by atoms with Crippen molar-refractivity contribution in [1.82, 2.24) is 14.9 Å². The molecule has 1 N–H and O–H groups in total. The molecule has 1 aliphatic carbocycles. The molecule has 0 spiro atoms. The molecule has 6 heteroatoms. The first kappa shape index (κ1) is 14.0. The number of nitrogens with zero attached hydrogens (tertiary/aromatic N) is 2. The standard InChI is InChI=1S/C15H17F2N3O/c16-13-7-11(9-19-12-1-2-12)8-14(17)15(13)21-6-5-20-4-3-18-10-20/h3-4,7-8,10,12,19H,1-2,5-6,9H2. The Labute approximate surface area is 121 Å². The monoisotopic (exact) mass is 293 g/mol. The van der Waals surface area contributed by atoms with Gasteiger partial charge in [0.15, 0.2) is 17.4 Å². The molecule has 4 nitrogen and oxygen atoms in total. The van der Waals surface area contributed by atoms with Crippen molar-refractivity contribution in [3.63, 3.8) is 0 Å². The molecule has 1 fully saturated rings. The van der Waals surface area contributed by atoms with Gasteiger partial charge in [-0.05, 0) is 30.5 Å². The van der Waals surface area contributed by atoms with Crippen LogP contribution in [0.5, 0.6) is 5.75 Å². The summed E-state index contributed by atoms with van der Waals surface area (Å²) in [5.41, 5.74) is 0.596. The number of ether oxygens (including phenoxy) is 1. The molecular formula is C15H17F2N3O. The maximum atomic E-state index is 13.9. The number of imidazole rings is 1. The van der Waals surface area contributed by atoms with Gasteiger partial charge in [-0.15, -0.1) is 0 Å². The SMILES string of the molecule is Fc1cc(CNC2CC2)cc(F)c1OCCn1ccnc1. The fourth-order valence-electron chi connectivity index (χ4n) is 2.07. The van der Waals surface area contributed by atoms with E-state index in [2.05, 4.69) is 10.3 Å². The molecule has 112 valence electrons. The van der Waals surface area contributed by atoms with Crippen molar-refractivity contribution in [3.05, 3.63) is 48.1 Å². The highest BCUT2D eigenvalue weighted by atomic mass is 19.1. The number of rotatable bonds is 7. The van der Waals surface area contributed by atoms with Crippen LogP contribution in [-0.4, -0.2) is 22.2 Å². The Morgan fingerprint density at radius 3 is 2.67 bits per heavy atom. The summed E-state index contributed by atoms with van der Waals surface area (Å²) in [5.74, 6) is -1.63. The van der Waals surface area contributed by atoms with Gasteiger partial charge in [-0.2, -0.15) is 0 Å². The predicted octanol–water partition coefficient (Wildman–Crippen LogP) is 2.49. The summed E-state index contributed by atoms with van der Waals surface area (Å²) in [6, 6.07) is 3.15. The first-order valence-electron chi connectivity index (χ1n) is 7.02. The van der Waals surface area contributed by atoms with E-state index in [0.29, 0.717) is 24.7 Å². The molecule has 0 radical (unpaired) electrons. The van der Waals surface area contributed by atoms with E-state index in [-0.39, 0.29) is 12.4 Å². The zero-order valence-electron chi connectivity index (χ0n) is 11.6. The van der Waals surface area contributed by atoms with Crippen molar-refractivity contribution in [2.75, 3.05) is 6.61 Å². The van der Waals surface area contributed by atoms with Gasteiger partial charge in [-0.3, -0.25) is 0 Å². The highest BCUT2D eigenvalue weighted by Gasteiger charge is 2.20. The Hall–Kier alpha value is -1.95. The molecule has 21 heavy (non-hydrogen) atoms. The smallest absolute Gasteiger partial charge is 0.190 e. The fourth-order valence-corrected chi connectivity index (χ4v) is 2.07. The molecule has 0 atom stereocenters. The van der Waals surface area contributed by atoms with Gasteiger partial charge in [0.2, 0.25) is 0 Å². The molecule has 0 saturated heterocycles. The summed E-state index contributed by atoms with van der Waals surface area (Å²) in [6.45, 7) is 1.15. The minimum absolute atomic E-state index is 0.184. The molecule has 2 aromatic rings. The lowest BCUT2D eigenvalue weighted by Crippen LogP contribution is -2.16. The molecular weight excluding hydrogens is 276 g/mol. The maximum Gasteiger partial charge on any atom is 0.190 e. The molecule has 3 rings (SSSR count). The third-order valence-corrected chi connectivity index (χ3v) is 3.39. The summed E-state index contributed by atoms with van der Waals surface area (Å²) >= 11 is 0. The highest BCUT2D eigenvalue weighted by molar-refractivity contribution is 5.31. The van der Waals surface area contributed by atoms with Crippen molar-refractivity contribution >= 4 is 0 Å². The molecule has 1 heterocycles. The summed E-state index contributed by atoms with van der Waals surface area (Å²) < 4.78 is 34.8.